The minimum absolute atomic E-state index is 0.472. The lowest BCUT2D eigenvalue weighted by Gasteiger charge is -2.20. The van der Waals surface area contributed by atoms with E-state index in [1.807, 2.05) is 18.4 Å². The van der Waals surface area contributed by atoms with Gasteiger partial charge >= 0.3 is 6.03 Å². The quantitative estimate of drug-likeness (QED) is 0.373. The van der Waals surface area contributed by atoms with Crippen molar-refractivity contribution in [3.05, 3.63) is 17.7 Å². The number of amides is 2. The lowest BCUT2D eigenvalue weighted by molar-refractivity contribution is 0.171. The maximum Gasteiger partial charge on any atom is 0.333 e. The molecule has 1 heterocycles. The summed E-state index contributed by atoms with van der Waals surface area (Å²) in [6.45, 7) is 2.92. The highest BCUT2D eigenvalue weighted by molar-refractivity contribution is 5.90. The van der Waals surface area contributed by atoms with Crippen molar-refractivity contribution < 1.29 is 14.3 Å². The minimum atomic E-state index is -0.472. The third kappa shape index (κ3) is 2.01. The molecule has 0 bridgehead atoms. The Hall–Kier alpha value is -1.95. The average Bonchev–Trinajstić information content (AvgIpc) is 2.30. The van der Waals surface area contributed by atoms with E-state index in [1.165, 1.54) is 0 Å². The molecule has 0 radical (unpaired) electrons. The molecule has 0 aromatic heterocycles. The van der Waals surface area contributed by atoms with Gasteiger partial charge in [-0.3, -0.25) is 5.43 Å². The predicted molar refractivity (Wildman–Crippen MR) is 58.5 cm³/mol. The van der Waals surface area contributed by atoms with Crippen molar-refractivity contribution in [3.63, 3.8) is 0 Å². The summed E-state index contributed by atoms with van der Waals surface area (Å²) >= 11 is 0. The Labute approximate surface area is 92.7 Å². The SMILES string of the molecule is Cc1cc2c(cc1NC(=O)NN)OCCO2. The molecule has 4 N–H and O–H groups in total. The van der Waals surface area contributed by atoms with Gasteiger partial charge in [0, 0.05) is 11.8 Å². The van der Waals surface area contributed by atoms with Crippen molar-refractivity contribution in [1.82, 2.24) is 5.43 Å². The molecule has 16 heavy (non-hydrogen) atoms. The van der Waals surface area contributed by atoms with Crippen molar-refractivity contribution >= 4 is 11.7 Å². The summed E-state index contributed by atoms with van der Waals surface area (Å²) in [6, 6.07) is 3.07. The summed E-state index contributed by atoms with van der Waals surface area (Å²) in [4.78, 5) is 11.1. The molecule has 0 fully saturated rings. The van der Waals surface area contributed by atoms with Crippen LogP contribution in [-0.2, 0) is 0 Å². The van der Waals surface area contributed by atoms with Gasteiger partial charge in [-0.05, 0) is 18.6 Å². The second-order valence-corrected chi connectivity index (χ2v) is 3.41. The molecule has 2 amide bonds. The number of hydrazine groups is 1. The molecule has 2 rings (SSSR count). The maximum absolute atomic E-state index is 11.1. The molecule has 6 nitrogen and oxygen atoms in total. The number of aryl methyl sites for hydroxylation is 1. The first kappa shape index (κ1) is 10.6. The minimum Gasteiger partial charge on any atom is -0.486 e. The molecule has 0 unspecified atom stereocenters. The van der Waals surface area contributed by atoms with Crippen LogP contribution in [0.15, 0.2) is 12.1 Å². The van der Waals surface area contributed by atoms with Gasteiger partial charge in [0.05, 0.1) is 0 Å². The van der Waals surface area contributed by atoms with E-state index >= 15 is 0 Å². The molecule has 1 aromatic carbocycles. The standard InChI is InChI=1S/C10H13N3O3/c1-6-4-8-9(16-3-2-15-8)5-7(6)12-10(14)13-11/h4-5H,2-3,11H2,1H3,(H2,12,13,14). The molecule has 0 atom stereocenters. The smallest absolute Gasteiger partial charge is 0.333 e. The zero-order chi connectivity index (χ0) is 11.5. The molecule has 1 aliphatic rings. The first-order valence-electron chi connectivity index (χ1n) is 4.88. The van der Waals surface area contributed by atoms with Crippen LogP contribution < -0.4 is 26.1 Å². The fourth-order valence-corrected chi connectivity index (χ4v) is 1.48. The monoisotopic (exact) mass is 223 g/mol. The number of benzene rings is 1. The third-order valence-corrected chi connectivity index (χ3v) is 2.27. The van der Waals surface area contributed by atoms with Gasteiger partial charge in [0.15, 0.2) is 11.5 Å². The first-order chi connectivity index (χ1) is 7.70. The van der Waals surface area contributed by atoms with Crippen molar-refractivity contribution in [1.29, 1.82) is 0 Å². The van der Waals surface area contributed by atoms with E-state index in [9.17, 15) is 4.79 Å². The number of urea groups is 1. The van der Waals surface area contributed by atoms with Crippen LogP contribution in [0.3, 0.4) is 0 Å². The zero-order valence-electron chi connectivity index (χ0n) is 8.87. The van der Waals surface area contributed by atoms with Gasteiger partial charge in [0.1, 0.15) is 13.2 Å². The van der Waals surface area contributed by atoms with E-state index in [0.29, 0.717) is 30.4 Å². The summed E-state index contributed by atoms with van der Waals surface area (Å²) in [5, 5.41) is 2.60. The fraction of sp³-hybridized carbons (Fsp3) is 0.300. The summed E-state index contributed by atoms with van der Waals surface area (Å²) in [5.74, 6) is 6.32. The van der Waals surface area contributed by atoms with Gasteiger partial charge in [0.2, 0.25) is 0 Å². The van der Waals surface area contributed by atoms with Crippen LogP contribution in [0.1, 0.15) is 5.56 Å². The van der Waals surface area contributed by atoms with Crippen LogP contribution in [-0.4, -0.2) is 19.2 Å². The highest BCUT2D eigenvalue weighted by Crippen LogP contribution is 2.35. The number of hydrogen-bond donors (Lipinski definition) is 3. The lowest BCUT2D eigenvalue weighted by atomic mass is 10.1. The number of nitrogens with two attached hydrogens (primary N) is 1. The van der Waals surface area contributed by atoms with Crippen molar-refractivity contribution in [3.8, 4) is 11.5 Å². The normalized spacial score (nSPS) is 13.1. The van der Waals surface area contributed by atoms with Crippen molar-refractivity contribution in [2.45, 2.75) is 6.92 Å². The van der Waals surface area contributed by atoms with Gasteiger partial charge in [-0.1, -0.05) is 0 Å². The van der Waals surface area contributed by atoms with E-state index in [-0.39, 0.29) is 0 Å². The van der Waals surface area contributed by atoms with E-state index < -0.39 is 6.03 Å². The number of nitrogens with one attached hydrogen (secondary N) is 2. The van der Waals surface area contributed by atoms with Gasteiger partial charge in [-0.25, -0.2) is 10.6 Å². The Bertz CT molecular complexity index is 420. The summed E-state index contributed by atoms with van der Waals surface area (Å²) in [6.07, 6.45) is 0. The summed E-state index contributed by atoms with van der Waals surface area (Å²) in [7, 11) is 0. The third-order valence-electron chi connectivity index (χ3n) is 2.27. The maximum atomic E-state index is 11.1. The predicted octanol–water partition coefficient (Wildman–Crippen LogP) is 0.761. The number of ether oxygens (including phenoxy) is 2. The van der Waals surface area contributed by atoms with Crippen LogP contribution in [0.4, 0.5) is 10.5 Å². The van der Waals surface area contributed by atoms with Crippen molar-refractivity contribution in [2.24, 2.45) is 5.84 Å². The zero-order valence-corrected chi connectivity index (χ0v) is 8.87. The average molecular weight is 223 g/mol. The Morgan fingerprint density at radius 2 is 1.94 bits per heavy atom. The van der Waals surface area contributed by atoms with Crippen molar-refractivity contribution in [2.75, 3.05) is 18.5 Å². The van der Waals surface area contributed by atoms with Gasteiger partial charge in [-0.2, -0.15) is 0 Å². The molecule has 0 aliphatic carbocycles. The molecular formula is C10H13N3O3. The summed E-state index contributed by atoms with van der Waals surface area (Å²) in [5.41, 5.74) is 3.53. The molecule has 0 saturated carbocycles. The number of anilines is 1. The number of hydrogen-bond acceptors (Lipinski definition) is 4. The van der Waals surface area contributed by atoms with Gasteiger partial charge in [0.25, 0.3) is 0 Å². The van der Waals surface area contributed by atoms with Crippen LogP contribution in [0.2, 0.25) is 0 Å². The van der Waals surface area contributed by atoms with E-state index in [1.54, 1.807) is 6.07 Å². The second-order valence-electron chi connectivity index (χ2n) is 3.41. The number of rotatable bonds is 1. The van der Waals surface area contributed by atoms with Crippen LogP contribution in [0, 0.1) is 6.92 Å². The Morgan fingerprint density at radius 3 is 2.56 bits per heavy atom. The molecule has 0 spiro atoms. The van der Waals surface area contributed by atoms with Crippen LogP contribution in [0.5, 0.6) is 11.5 Å². The van der Waals surface area contributed by atoms with Crippen LogP contribution >= 0.6 is 0 Å². The number of carbonyl (C=O) groups excluding carboxylic acids is 1. The molecule has 6 heteroatoms. The molecule has 1 aromatic rings. The Kier molecular flexibility index (Phi) is 2.82. The second kappa shape index (κ2) is 4.28. The number of carbonyl (C=O) groups is 1. The van der Waals surface area contributed by atoms with E-state index in [0.717, 1.165) is 5.56 Å². The van der Waals surface area contributed by atoms with E-state index in [4.69, 9.17) is 15.3 Å². The van der Waals surface area contributed by atoms with Gasteiger partial charge < -0.3 is 14.8 Å². The fourth-order valence-electron chi connectivity index (χ4n) is 1.48. The van der Waals surface area contributed by atoms with Crippen LogP contribution in [0.25, 0.3) is 0 Å². The topological polar surface area (TPSA) is 85.6 Å². The molecule has 0 saturated heterocycles. The Morgan fingerprint density at radius 1 is 1.31 bits per heavy atom. The summed E-state index contributed by atoms with van der Waals surface area (Å²) < 4.78 is 10.8. The Balaban J connectivity index is 2.28. The molecule has 1 aliphatic heterocycles. The molecule has 86 valence electrons. The largest absolute Gasteiger partial charge is 0.486 e. The highest BCUT2D eigenvalue weighted by atomic mass is 16.6. The van der Waals surface area contributed by atoms with E-state index in [2.05, 4.69) is 5.32 Å². The lowest BCUT2D eigenvalue weighted by Crippen LogP contribution is -2.34. The highest BCUT2D eigenvalue weighted by Gasteiger charge is 2.14. The number of fused-ring (bicyclic) bond motifs is 1. The molecular weight excluding hydrogens is 210 g/mol. The first-order valence-corrected chi connectivity index (χ1v) is 4.88. The van der Waals surface area contributed by atoms with Gasteiger partial charge in [-0.15, -0.1) is 0 Å².